The molecule has 2 aromatic heterocycles. The van der Waals surface area contributed by atoms with Crippen LogP contribution in [0.1, 0.15) is 33.4 Å². The predicted octanol–water partition coefficient (Wildman–Crippen LogP) is 1.72. The summed E-state index contributed by atoms with van der Waals surface area (Å²) in [5.41, 5.74) is -0.147. The van der Waals surface area contributed by atoms with Gasteiger partial charge in [-0.3, -0.25) is 9.20 Å². The Morgan fingerprint density at radius 3 is 2.70 bits per heavy atom. The van der Waals surface area contributed by atoms with E-state index < -0.39 is 17.1 Å². The van der Waals surface area contributed by atoms with Gasteiger partial charge in [-0.1, -0.05) is 6.92 Å². The number of ether oxygens (including phenoxy) is 1. The summed E-state index contributed by atoms with van der Waals surface area (Å²) >= 11 is 0. The third kappa shape index (κ3) is 3.28. The number of aromatic nitrogens is 2. The van der Waals surface area contributed by atoms with E-state index in [1.54, 1.807) is 32.9 Å². The number of esters is 1. The van der Waals surface area contributed by atoms with Crippen molar-refractivity contribution in [1.82, 2.24) is 9.38 Å². The molecule has 7 nitrogen and oxygen atoms in total. The smallest absolute Gasteiger partial charge is 0.331 e. The topological polar surface area (TPSA) is 92.9 Å². The average molecular weight is 319 g/mol. The maximum absolute atomic E-state index is 12.2. The van der Waals surface area contributed by atoms with Crippen molar-refractivity contribution >= 4 is 17.3 Å². The number of rotatable bonds is 5. The summed E-state index contributed by atoms with van der Waals surface area (Å²) in [6.45, 7) is 7.22. The van der Waals surface area contributed by atoms with Crippen molar-refractivity contribution in [2.24, 2.45) is 0 Å². The fourth-order valence-corrected chi connectivity index (χ4v) is 2.22. The fraction of sp³-hybridized carbons (Fsp3) is 0.438. The highest BCUT2D eigenvalue weighted by Crippen LogP contribution is 2.18. The number of nitrogens with one attached hydrogen (secondary N) is 1. The summed E-state index contributed by atoms with van der Waals surface area (Å²) in [4.78, 5) is 28.4. The normalized spacial score (nSPS) is 11.5. The molecule has 2 heterocycles. The van der Waals surface area contributed by atoms with Gasteiger partial charge in [0.1, 0.15) is 11.2 Å². The molecule has 0 amide bonds. The van der Waals surface area contributed by atoms with Crippen molar-refractivity contribution in [3.63, 3.8) is 0 Å². The Labute approximate surface area is 133 Å². The molecule has 0 aliphatic rings. The van der Waals surface area contributed by atoms with Gasteiger partial charge >= 0.3 is 5.97 Å². The Morgan fingerprint density at radius 2 is 2.09 bits per heavy atom. The molecule has 7 heteroatoms. The second-order valence-corrected chi connectivity index (χ2v) is 5.68. The molecule has 0 atom stereocenters. The average Bonchev–Trinajstić information content (AvgIpc) is 2.51. The van der Waals surface area contributed by atoms with Crippen LogP contribution in [0.5, 0.6) is 5.75 Å². The van der Waals surface area contributed by atoms with Gasteiger partial charge in [0.05, 0.1) is 18.0 Å². The number of anilines is 1. The highest BCUT2D eigenvalue weighted by atomic mass is 16.5. The monoisotopic (exact) mass is 319 g/mol. The lowest BCUT2D eigenvalue weighted by Gasteiger charge is -2.25. The molecule has 0 fully saturated rings. The third-order valence-corrected chi connectivity index (χ3v) is 3.45. The molecule has 0 aliphatic carbocycles. The van der Waals surface area contributed by atoms with Gasteiger partial charge in [-0.2, -0.15) is 0 Å². The van der Waals surface area contributed by atoms with Gasteiger partial charge in [0, 0.05) is 6.20 Å². The number of hydrogen-bond donors (Lipinski definition) is 2. The van der Waals surface area contributed by atoms with E-state index in [0.717, 1.165) is 0 Å². The zero-order chi connectivity index (χ0) is 17.2. The Bertz CT molecular complexity index is 796. The standard InChI is InChI=1S/C16H21N3O4/c1-5-11-13(20)14(21)19-9-10(7-8-12(19)17-11)18-16(3,4)15(22)23-6-2/h7-9,18,20H,5-6H2,1-4H3. The Morgan fingerprint density at radius 1 is 1.39 bits per heavy atom. The molecule has 23 heavy (non-hydrogen) atoms. The van der Waals surface area contributed by atoms with E-state index in [1.165, 1.54) is 10.6 Å². The first-order valence-corrected chi connectivity index (χ1v) is 7.49. The Balaban J connectivity index is 2.43. The molecular weight excluding hydrogens is 298 g/mol. The quantitative estimate of drug-likeness (QED) is 0.815. The number of aryl methyl sites for hydroxylation is 1. The number of pyridine rings is 1. The summed E-state index contributed by atoms with van der Waals surface area (Å²) in [5.74, 6) is -0.749. The van der Waals surface area contributed by atoms with Gasteiger partial charge in [-0.05, 0) is 39.3 Å². The minimum atomic E-state index is -0.952. The molecule has 0 aromatic carbocycles. The zero-order valence-corrected chi connectivity index (χ0v) is 13.7. The largest absolute Gasteiger partial charge is 0.502 e. The number of hydrogen-bond acceptors (Lipinski definition) is 6. The molecule has 0 bridgehead atoms. The third-order valence-electron chi connectivity index (χ3n) is 3.45. The zero-order valence-electron chi connectivity index (χ0n) is 13.7. The molecule has 0 saturated heterocycles. The van der Waals surface area contributed by atoms with Crippen LogP contribution in [0.2, 0.25) is 0 Å². The summed E-state index contributed by atoms with van der Waals surface area (Å²) in [6.07, 6.45) is 1.97. The van der Waals surface area contributed by atoms with Crippen molar-refractivity contribution in [2.75, 3.05) is 11.9 Å². The molecule has 124 valence electrons. The second-order valence-electron chi connectivity index (χ2n) is 5.68. The Kier molecular flexibility index (Phi) is 4.58. The highest BCUT2D eigenvalue weighted by Gasteiger charge is 2.29. The first-order valence-electron chi connectivity index (χ1n) is 7.49. The molecule has 0 spiro atoms. The minimum Gasteiger partial charge on any atom is -0.502 e. The molecule has 0 aliphatic heterocycles. The highest BCUT2D eigenvalue weighted by molar-refractivity contribution is 5.83. The van der Waals surface area contributed by atoms with Crippen LogP contribution < -0.4 is 10.9 Å². The number of aromatic hydroxyl groups is 1. The fourth-order valence-electron chi connectivity index (χ4n) is 2.22. The van der Waals surface area contributed by atoms with E-state index in [4.69, 9.17) is 4.74 Å². The van der Waals surface area contributed by atoms with Crippen LogP contribution in [-0.2, 0) is 16.0 Å². The van der Waals surface area contributed by atoms with Crippen LogP contribution in [-0.4, -0.2) is 32.6 Å². The number of carbonyl (C=O) groups excluding carboxylic acids is 1. The molecular formula is C16H21N3O4. The SMILES string of the molecule is CCOC(=O)C(C)(C)Nc1ccc2nc(CC)c(O)c(=O)n2c1. The van der Waals surface area contributed by atoms with Crippen molar-refractivity contribution in [2.45, 2.75) is 39.7 Å². The van der Waals surface area contributed by atoms with Crippen molar-refractivity contribution < 1.29 is 14.6 Å². The van der Waals surface area contributed by atoms with Crippen LogP contribution >= 0.6 is 0 Å². The van der Waals surface area contributed by atoms with Crippen molar-refractivity contribution in [3.8, 4) is 5.75 Å². The lowest BCUT2D eigenvalue weighted by molar-refractivity contribution is -0.147. The van der Waals surface area contributed by atoms with Gasteiger partial charge in [0.25, 0.3) is 5.56 Å². The lowest BCUT2D eigenvalue weighted by Crippen LogP contribution is -2.41. The van der Waals surface area contributed by atoms with Gasteiger partial charge in [0.15, 0.2) is 0 Å². The summed E-state index contributed by atoms with van der Waals surface area (Å²) in [7, 11) is 0. The predicted molar refractivity (Wildman–Crippen MR) is 86.8 cm³/mol. The van der Waals surface area contributed by atoms with Crippen LogP contribution in [0.4, 0.5) is 5.69 Å². The van der Waals surface area contributed by atoms with E-state index in [2.05, 4.69) is 10.3 Å². The van der Waals surface area contributed by atoms with E-state index in [0.29, 0.717) is 30.1 Å². The molecule has 0 unspecified atom stereocenters. The van der Waals surface area contributed by atoms with E-state index in [1.807, 2.05) is 6.92 Å². The first kappa shape index (κ1) is 16.8. The first-order chi connectivity index (χ1) is 10.8. The van der Waals surface area contributed by atoms with Crippen molar-refractivity contribution in [1.29, 1.82) is 0 Å². The van der Waals surface area contributed by atoms with E-state index in [-0.39, 0.29) is 5.75 Å². The maximum atomic E-state index is 12.2. The minimum absolute atomic E-state index is 0.290. The molecule has 2 rings (SSSR count). The van der Waals surface area contributed by atoms with Crippen LogP contribution in [0, 0.1) is 0 Å². The van der Waals surface area contributed by atoms with Gasteiger partial charge in [-0.15, -0.1) is 0 Å². The van der Waals surface area contributed by atoms with Crippen molar-refractivity contribution in [3.05, 3.63) is 34.4 Å². The summed E-state index contributed by atoms with van der Waals surface area (Å²) in [5, 5.41) is 12.9. The maximum Gasteiger partial charge on any atom is 0.331 e. The van der Waals surface area contributed by atoms with Gasteiger partial charge in [-0.25, -0.2) is 9.78 Å². The molecule has 0 saturated carbocycles. The Hall–Kier alpha value is -2.57. The lowest BCUT2D eigenvalue weighted by atomic mass is 10.1. The van der Waals surface area contributed by atoms with E-state index >= 15 is 0 Å². The number of carbonyl (C=O) groups is 1. The van der Waals surface area contributed by atoms with Gasteiger partial charge in [0.2, 0.25) is 5.75 Å². The van der Waals surface area contributed by atoms with Crippen LogP contribution in [0.15, 0.2) is 23.1 Å². The van der Waals surface area contributed by atoms with Crippen LogP contribution in [0.3, 0.4) is 0 Å². The number of nitrogens with zero attached hydrogens (tertiary/aromatic N) is 2. The second kappa shape index (κ2) is 6.28. The molecule has 0 radical (unpaired) electrons. The number of fused-ring (bicyclic) bond motifs is 1. The summed E-state index contributed by atoms with van der Waals surface area (Å²) < 4.78 is 6.27. The van der Waals surface area contributed by atoms with E-state index in [9.17, 15) is 14.7 Å². The summed E-state index contributed by atoms with van der Waals surface area (Å²) in [6, 6.07) is 3.38. The molecule has 2 N–H and O–H groups in total. The molecule has 2 aromatic rings. The van der Waals surface area contributed by atoms with Gasteiger partial charge < -0.3 is 15.2 Å². The van der Waals surface area contributed by atoms with Crippen LogP contribution in [0.25, 0.3) is 5.65 Å².